The standard InChI is InChI=1S/C26H27ClN6O2/c1-14-10-17(24-28-8-9-29-24)12-20-23(14)33-25(32-20)22-19(6-7-30-26(22)34)31-13-15(2)16-4-5-21(35-3)18(27)11-16/h4-7,10-12,15H,8-9,13H2,1-3H3,(H,28,29)(H,32,33)(H2,30,31,34). The number of nitrogens with zero attached hydrogens (tertiary/aromatic N) is 2. The molecule has 0 saturated heterocycles. The number of aromatic amines is 2. The van der Waals surface area contributed by atoms with Crippen LogP contribution in [0.15, 0.2) is 52.4 Å². The summed E-state index contributed by atoms with van der Waals surface area (Å²) in [6.07, 6.45) is 1.64. The molecule has 1 aliphatic heterocycles. The highest BCUT2D eigenvalue weighted by Crippen LogP contribution is 2.30. The normalized spacial score (nSPS) is 14.0. The Morgan fingerprint density at radius 2 is 2.09 bits per heavy atom. The number of imidazole rings is 1. The first-order chi connectivity index (χ1) is 16.9. The summed E-state index contributed by atoms with van der Waals surface area (Å²) in [7, 11) is 1.60. The molecule has 0 spiro atoms. The number of fused-ring (bicyclic) bond motifs is 1. The summed E-state index contributed by atoms with van der Waals surface area (Å²) < 4.78 is 5.25. The van der Waals surface area contributed by atoms with Crippen LogP contribution < -0.4 is 20.9 Å². The highest BCUT2D eigenvalue weighted by Gasteiger charge is 2.18. The van der Waals surface area contributed by atoms with Crippen molar-refractivity contribution in [3.8, 4) is 17.1 Å². The number of aryl methyl sites for hydroxylation is 1. The van der Waals surface area contributed by atoms with Crippen molar-refractivity contribution < 1.29 is 4.74 Å². The number of rotatable bonds is 7. The van der Waals surface area contributed by atoms with Crippen molar-refractivity contribution >= 4 is 34.2 Å². The molecule has 0 radical (unpaired) electrons. The van der Waals surface area contributed by atoms with Crippen LogP contribution in [0.4, 0.5) is 5.69 Å². The van der Waals surface area contributed by atoms with Crippen LogP contribution >= 0.6 is 11.6 Å². The van der Waals surface area contributed by atoms with Gasteiger partial charge in [0.1, 0.15) is 23.0 Å². The number of amidine groups is 1. The zero-order chi connectivity index (χ0) is 24.5. The van der Waals surface area contributed by atoms with Gasteiger partial charge in [-0.15, -0.1) is 0 Å². The first kappa shape index (κ1) is 23.0. The van der Waals surface area contributed by atoms with E-state index in [1.54, 1.807) is 13.3 Å². The molecule has 180 valence electrons. The maximum absolute atomic E-state index is 12.9. The second-order valence-electron chi connectivity index (χ2n) is 8.70. The largest absolute Gasteiger partial charge is 0.495 e. The van der Waals surface area contributed by atoms with Crippen molar-refractivity contribution in [2.24, 2.45) is 4.99 Å². The van der Waals surface area contributed by atoms with E-state index < -0.39 is 0 Å². The molecule has 2 aromatic carbocycles. The van der Waals surface area contributed by atoms with E-state index in [0.29, 0.717) is 34.4 Å². The summed E-state index contributed by atoms with van der Waals surface area (Å²) in [5.74, 6) is 2.20. The van der Waals surface area contributed by atoms with Crippen LogP contribution in [-0.2, 0) is 0 Å². The highest BCUT2D eigenvalue weighted by molar-refractivity contribution is 6.32. The van der Waals surface area contributed by atoms with Gasteiger partial charge in [-0.1, -0.05) is 24.6 Å². The molecule has 9 heteroatoms. The molecule has 8 nitrogen and oxygen atoms in total. The summed E-state index contributed by atoms with van der Waals surface area (Å²) in [6.45, 7) is 6.34. The smallest absolute Gasteiger partial charge is 0.261 e. The molecule has 0 saturated carbocycles. The number of aliphatic imine (C=N–C) groups is 1. The van der Waals surface area contributed by atoms with Crippen molar-refractivity contribution in [1.82, 2.24) is 20.3 Å². The number of H-pyrrole nitrogens is 2. The predicted molar refractivity (Wildman–Crippen MR) is 141 cm³/mol. The van der Waals surface area contributed by atoms with Crippen LogP contribution in [0.25, 0.3) is 22.4 Å². The Labute approximate surface area is 207 Å². The fourth-order valence-electron chi connectivity index (χ4n) is 4.37. The van der Waals surface area contributed by atoms with Gasteiger partial charge in [0.05, 0.1) is 35.4 Å². The Morgan fingerprint density at radius 1 is 1.23 bits per heavy atom. The van der Waals surface area contributed by atoms with E-state index in [1.807, 2.05) is 37.3 Å². The molecular weight excluding hydrogens is 464 g/mol. The average molecular weight is 491 g/mol. The topological polar surface area (TPSA) is 107 Å². The van der Waals surface area contributed by atoms with Gasteiger partial charge in [0, 0.05) is 24.8 Å². The summed E-state index contributed by atoms with van der Waals surface area (Å²) in [5, 5.41) is 7.31. The zero-order valence-corrected chi connectivity index (χ0v) is 20.6. The van der Waals surface area contributed by atoms with Crippen molar-refractivity contribution in [2.45, 2.75) is 19.8 Å². The second kappa shape index (κ2) is 9.46. The molecule has 2 aromatic heterocycles. The van der Waals surface area contributed by atoms with Crippen molar-refractivity contribution in [2.75, 3.05) is 32.1 Å². The maximum Gasteiger partial charge on any atom is 0.261 e. The molecule has 0 fully saturated rings. The quantitative estimate of drug-likeness (QED) is 0.306. The fourth-order valence-corrected chi connectivity index (χ4v) is 4.63. The molecular formula is C26H27ClN6O2. The van der Waals surface area contributed by atoms with Gasteiger partial charge in [0.15, 0.2) is 0 Å². The van der Waals surface area contributed by atoms with Crippen LogP contribution in [0.3, 0.4) is 0 Å². The Bertz CT molecular complexity index is 1490. The van der Waals surface area contributed by atoms with Gasteiger partial charge >= 0.3 is 0 Å². The molecule has 5 rings (SSSR count). The Balaban J connectivity index is 1.45. The summed E-state index contributed by atoms with van der Waals surface area (Å²) >= 11 is 6.31. The molecule has 1 atom stereocenters. The van der Waals surface area contributed by atoms with Gasteiger partial charge in [0.2, 0.25) is 0 Å². The number of aromatic nitrogens is 3. The molecule has 0 bridgehead atoms. The number of nitrogens with one attached hydrogen (secondary N) is 4. The lowest BCUT2D eigenvalue weighted by Crippen LogP contribution is -2.19. The molecule has 35 heavy (non-hydrogen) atoms. The van der Waals surface area contributed by atoms with Crippen molar-refractivity contribution in [1.29, 1.82) is 0 Å². The van der Waals surface area contributed by atoms with Gasteiger partial charge in [-0.05, 0) is 54.3 Å². The number of hydrogen-bond acceptors (Lipinski definition) is 6. The molecule has 4 N–H and O–H groups in total. The zero-order valence-electron chi connectivity index (χ0n) is 19.8. The minimum absolute atomic E-state index is 0.144. The summed E-state index contributed by atoms with van der Waals surface area (Å²) in [5.41, 5.74) is 5.76. The summed E-state index contributed by atoms with van der Waals surface area (Å²) in [4.78, 5) is 28.3. The molecule has 1 unspecified atom stereocenters. The molecule has 4 aromatic rings. The number of hydrogen-bond donors (Lipinski definition) is 4. The number of methoxy groups -OCH3 is 1. The number of halogens is 1. The van der Waals surface area contributed by atoms with E-state index in [-0.39, 0.29) is 11.5 Å². The van der Waals surface area contributed by atoms with E-state index in [4.69, 9.17) is 21.3 Å². The predicted octanol–water partition coefficient (Wildman–Crippen LogP) is 4.45. The van der Waals surface area contributed by atoms with Gasteiger partial charge in [0.25, 0.3) is 5.56 Å². The summed E-state index contributed by atoms with van der Waals surface area (Å²) in [6, 6.07) is 11.7. The Morgan fingerprint density at radius 3 is 2.83 bits per heavy atom. The third-order valence-corrected chi connectivity index (χ3v) is 6.56. The number of benzene rings is 2. The number of pyridine rings is 1. The molecule has 1 aliphatic rings. The van der Waals surface area contributed by atoms with E-state index in [0.717, 1.165) is 46.6 Å². The van der Waals surface area contributed by atoms with E-state index in [1.165, 1.54) is 0 Å². The van der Waals surface area contributed by atoms with Gasteiger partial charge in [-0.3, -0.25) is 9.79 Å². The monoisotopic (exact) mass is 490 g/mol. The van der Waals surface area contributed by atoms with Crippen LogP contribution in [0.2, 0.25) is 5.02 Å². The molecule has 0 amide bonds. The van der Waals surface area contributed by atoms with Crippen LogP contribution in [0, 0.1) is 6.92 Å². The van der Waals surface area contributed by atoms with E-state index in [2.05, 4.69) is 38.6 Å². The third kappa shape index (κ3) is 4.49. The Hall–Kier alpha value is -3.78. The lowest BCUT2D eigenvalue weighted by Gasteiger charge is -2.16. The second-order valence-corrected chi connectivity index (χ2v) is 9.11. The van der Waals surface area contributed by atoms with Gasteiger partial charge < -0.3 is 25.3 Å². The molecule has 3 heterocycles. The van der Waals surface area contributed by atoms with E-state index >= 15 is 0 Å². The van der Waals surface area contributed by atoms with Crippen LogP contribution in [-0.4, -0.2) is 47.5 Å². The lowest BCUT2D eigenvalue weighted by atomic mass is 10.0. The first-order valence-electron chi connectivity index (χ1n) is 11.5. The van der Waals surface area contributed by atoms with Crippen LogP contribution in [0.1, 0.15) is 29.5 Å². The minimum atomic E-state index is -0.214. The van der Waals surface area contributed by atoms with Gasteiger partial charge in [-0.25, -0.2) is 4.98 Å². The van der Waals surface area contributed by atoms with Crippen LogP contribution in [0.5, 0.6) is 5.75 Å². The van der Waals surface area contributed by atoms with Crippen molar-refractivity contribution in [3.05, 3.63) is 74.7 Å². The van der Waals surface area contributed by atoms with Crippen molar-refractivity contribution in [3.63, 3.8) is 0 Å². The Kier molecular flexibility index (Phi) is 6.21. The number of anilines is 1. The maximum atomic E-state index is 12.9. The lowest BCUT2D eigenvalue weighted by molar-refractivity contribution is 0.415. The first-order valence-corrected chi connectivity index (χ1v) is 11.9. The van der Waals surface area contributed by atoms with E-state index in [9.17, 15) is 4.79 Å². The average Bonchev–Trinajstić information content (AvgIpc) is 3.53. The number of ether oxygens (including phenoxy) is 1. The SMILES string of the molecule is COc1ccc(C(C)CNc2cc[nH]c(=O)c2-c2nc3c(C)cc(C4=NCCN4)cc3[nH]2)cc1Cl. The third-order valence-electron chi connectivity index (χ3n) is 6.27. The fraction of sp³-hybridized carbons (Fsp3) is 0.269. The molecule has 0 aliphatic carbocycles. The highest BCUT2D eigenvalue weighted by atomic mass is 35.5. The minimum Gasteiger partial charge on any atom is -0.495 e. The van der Waals surface area contributed by atoms with Gasteiger partial charge in [-0.2, -0.15) is 0 Å².